The molecule has 16 heavy (non-hydrogen) atoms. The zero-order chi connectivity index (χ0) is 10.8. The van der Waals surface area contributed by atoms with Gasteiger partial charge in [-0.3, -0.25) is 0 Å². The average molecular weight is 218 g/mol. The van der Waals surface area contributed by atoms with Gasteiger partial charge < -0.3 is 15.0 Å². The third-order valence-corrected chi connectivity index (χ3v) is 3.45. The van der Waals surface area contributed by atoms with Crippen LogP contribution in [0, 0.1) is 0 Å². The van der Waals surface area contributed by atoms with Crippen LogP contribution >= 0.6 is 0 Å². The van der Waals surface area contributed by atoms with Crippen LogP contribution in [0.1, 0.15) is 11.1 Å². The molecule has 0 saturated carbocycles. The highest BCUT2D eigenvalue weighted by molar-refractivity contribution is 5.51. The van der Waals surface area contributed by atoms with E-state index < -0.39 is 0 Å². The Morgan fingerprint density at radius 2 is 2.00 bits per heavy atom. The van der Waals surface area contributed by atoms with Crippen LogP contribution in [0.2, 0.25) is 0 Å². The molecular weight excluding hydrogens is 200 g/mol. The minimum atomic E-state index is 0.789. The Kier molecular flexibility index (Phi) is 2.80. The minimum Gasteiger partial charge on any atom is -0.376 e. The summed E-state index contributed by atoms with van der Waals surface area (Å²) in [4.78, 5) is 2.46. The Labute approximate surface area is 96.4 Å². The molecule has 1 fully saturated rings. The first kappa shape index (κ1) is 10.1. The molecular formula is C13H18N2O. The minimum absolute atomic E-state index is 0.789. The van der Waals surface area contributed by atoms with Crippen LogP contribution in [-0.4, -0.2) is 32.8 Å². The first-order chi connectivity index (χ1) is 7.93. The molecule has 0 amide bonds. The van der Waals surface area contributed by atoms with Crippen molar-refractivity contribution in [1.82, 2.24) is 5.32 Å². The SMILES string of the molecule is c1cc2c(cc1N1CCNCC1)CCOC2. The molecule has 1 aromatic rings. The quantitative estimate of drug-likeness (QED) is 0.766. The fourth-order valence-electron chi connectivity index (χ4n) is 2.47. The van der Waals surface area contributed by atoms with Gasteiger partial charge in [-0.25, -0.2) is 0 Å². The Morgan fingerprint density at radius 3 is 2.88 bits per heavy atom. The first-order valence-electron chi connectivity index (χ1n) is 6.09. The van der Waals surface area contributed by atoms with Crippen LogP contribution in [0.15, 0.2) is 18.2 Å². The molecule has 0 aliphatic carbocycles. The summed E-state index contributed by atoms with van der Waals surface area (Å²) in [5, 5.41) is 3.39. The van der Waals surface area contributed by atoms with Gasteiger partial charge in [0.2, 0.25) is 0 Å². The van der Waals surface area contributed by atoms with Gasteiger partial charge in [0.1, 0.15) is 0 Å². The molecule has 0 spiro atoms. The highest BCUT2D eigenvalue weighted by Gasteiger charge is 2.14. The average Bonchev–Trinajstić information content (AvgIpc) is 2.39. The molecule has 3 nitrogen and oxygen atoms in total. The number of nitrogens with zero attached hydrogens (tertiary/aromatic N) is 1. The Bertz CT molecular complexity index is 372. The van der Waals surface area contributed by atoms with Gasteiger partial charge in [0, 0.05) is 31.9 Å². The smallest absolute Gasteiger partial charge is 0.0719 e. The molecule has 0 unspecified atom stereocenters. The summed E-state index contributed by atoms with van der Waals surface area (Å²) in [6.45, 7) is 6.10. The van der Waals surface area contributed by atoms with E-state index in [-0.39, 0.29) is 0 Å². The van der Waals surface area contributed by atoms with E-state index in [1.165, 1.54) is 16.8 Å². The maximum atomic E-state index is 5.46. The normalized spacial score (nSPS) is 20.6. The fourth-order valence-corrected chi connectivity index (χ4v) is 2.47. The molecule has 1 N–H and O–H groups in total. The summed E-state index contributed by atoms with van der Waals surface area (Å²) in [6.07, 6.45) is 1.06. The Hall–Kier alpha value is -1.06. The number of piperazine rings is 1. The van der Waals surface area contributed by atoms with E-state index in [9.17, 15) is 0 Å². The second-order valence-corrected chi connectivity index (χ2v) is 4.49. The number of fused-ring (bicyclic) bond motifs is 1. The largest absolute Gasteiger partial charge is 0.376 e. The van der Waals surface area contributed by atoms with Crippen molar-refractivity contribution < 1.29 is 4.74 Å². The zero-order valence-corrected chi connectivity index (χ0v) is 9.54. The van der Waals surface area contributed by atoms with Gasteiger partial charge >= 0.3 is 0 Å². The third-order valence-electron chi connectivity index (χ3n) is 3.45. The predicted octanol–water partition coefficient (Wildman–Crippen LogP) is 1.17. The van der Waals surface area contributed by atoms with Gasteiger partial charge in [0.15, 0.2) is 0 Å². The van der Waals surface area contributed by atoms with Gasteiger partial charge in [-0.15, -0.1) is 0 Å². The number of ether oxygens (including phenoxy) is 1. The van der Waals surface area contributed by atoms with Crippen LogP contribution < -0.4 is 10.2 Å². The van der Waals surface area contributed by atoms with Crippen LogP contribution in [0.4, 0.5) is 5.69 Å². The van der Waals surface area contributed by atoms with Gasteiger partial charge in [-0.1, -0.05) is 6.07 Å². The van der Waals surface area contributed by atoms with E-state index in [0.717, 1.165) is 45.8 Å². The van der Waals surface area contributed by atoms with Gasteiger partial charge in [0.25, 0.3) is 0 Å². The summed E-state index contributed by atoms with van der Waals surface area (Å²) in [5.41, 5.74) is 4.22. The maximum absolute atomic E-state index is 5.46. The lowest BCUT2D eigenvalue weighted by Gasteiger charge is -2.30. The topological polar surface area (TPSA) is 24.5 Å². The summed E-state index contributed by atoms with van der Waals surface area (Å²) >= 11 is 0. The standard InChI is InChI=1S/C13H18N2O/c1-2-13(15-6-4-14-5-7-15)9-11-3-8-16-10-12(1)11/h1-2,9,14H,3-8,10H2. The van der Waals surface area contributed by atoms with E-state index in [2.05, 4.69) is 28.4 Å². The molecule has 0 aromatic heterocycles. The van der Waals surface area contributed by atoms with Crippen molar-refractivity contribution in [2.75, 3.05) is 37.7 Å². The van der Waals surface area contributed by atoms with Crippen molar-refractivity contribution in [3.8, 4) is 0 Å². The van der Waals surface area contributed by atoms with Gasteiger partial charge in [-0.05, 0) is 29.7 Å². The number of anilines is 1. The van der Waals surface area contributed by atoms with E-state index in [1.807, 2.05) is 0 Å². The highest BCUT2D eigenvalue weighted by atomic mass is 16.5. The number of benzene rings is 1. The molecule has 3 heteroatoms. The van der Waals surface area contributed by atoms with Crippen LogP contribution in [0.25, 0.3) is 0 Å². The summed E-state index contributed by atoms with van der Waals surface area (Å²) in [6, 6.07) is 6.81. The van der Waals surface area contributed by atoms with Crippen LogP contribution in [0.3, 0.4) is 0 Å². The van der Waals surface area contributed by atoms with Crippen molar-refractivity contribution in [1.29, 1.82) is 0 Å². The number of hydrogen-bond donors (Lipinski definition) is 1. The lowest BCUT2D eigenvalue weighted by Crippen LogP contribution is -2.43. The third kappa shape index (κ3) is 1.93. The molecule has 2 aliphatic heterocycles. The first-order valence-corrected chi connectivity index (χ1v) is 6.09. The summed E-state index contributed by atoms with van der Waals surface area (Å²) in [7, 11) is 0. The second-order valence-electron chi connectivity index (χ2n) is 4.49. The number of hydrogen-bond acceptors (Lipinski definition) is 3. The zero-order valence-electron chi connectivity index (χ0n) is 9.54. The number of nitrogens with one attached hydrogen (secondary N) is 1. The molecule has 0 atom stereocenters. The predicted molar refractivity (Wildman–Crippen MR) is 64.9 cm³/mol. The fraction of sp³-hybridized carbons (Fsp3) is 0.538. The Balaban J connectivity index is 1.84. The molecule has 0 bridgehead atoms. The lowest BCUT2D eigenvalue weighted by molar-refractivity contribution is 0.111. The molecule has 2 aliphatic rings. The van der Waals surface area contributed by atoms with E-state index >= 15 is 0 Å². The molecule has 2 heterocycles. The van der Waals surface area contributed by atoms with Crippen molar-refractivity contribution >= 4 is 5.69 Å². The van der Waals surface area contributed by atoms with E-state index in [0.29, 0.717) is 0 Å². The molecule has 1 aromatic carbocycles. The lowest BCUT2D eigenvalue weighted by atomic mass is 10.0. The molecule has 0 radical (unpaired) electrons. The monoisotopic (exact) mass is 218 g/mol. The highest BCUT2D eigenvalue weighted by Crippen LogP contribution is 2.23. The van der Waals surface area contributed by atoms with Gasteiger partial charge in [-0.2, -0.15) is 0 Å². The van der Waals surface area contributed by atoms with Gasteiger partial charge in [0.05, 0.1) is 13.2 Å². The van der Waals surface area contributed by atoms with E-state index in [4.69, 9.17) is 4.74 Å². The van der Waals surface area contributed by atoms with Crippen LogP contribution in [-0.2, 0) is 17.8 Å². The van der Waals surface area contributed by atoms with Crippen molar-refractivity contribution in [3.05, 3.63) is 29.3 Å². The van der Waals surface area contributed by atoms with E-state index in [1.54, 1.807) is 0 Å². The van der Waals surface area contributed by atoms with Crippen LogP contribution in [0.5, 0.6) is 0 Å². The Morgan fingerprint density at radius 1 is 1.12 bits per heavy atom. The molecule has 86 valence electrons. The summed E-state index contributed by atoms with van der Waals surface area (Å²) < 4.78 is 5.46. The maximum Gasteiger partial charge on any atom is 0.0719 e. The molecule has 1 saturated heterocycles. The summed E-state index contributed by atoms with van der Waals surface area (Å²) in [5.74, 6) is 0. The number of rotatable bonds is 1. The second kappa shape index (κ2) is 4.44. The molecule has 3 rings (SSSR count). The van der Waals surface area contributed by atoms with Crippen molar-refractivity contribution in [2.24, 2.45) is 0 Å². The van der Waals surface area contributed by atoms with Crippen molar-refractivity contribution in [3.63, 3.8) is 0 Å². The van der Waals surface area contributed by atoms with Crippen molar-refractivity contribution in [2.45, 2.75) is 13.0 Å².